The largest absolute Gasteiger partial charge is 0.350 e. The molecule has 4 rings (SSSR count). The van der Waals surface area contributed by atoms with Crippen LogP contribution in [0.25, 0.3) is 0 Å². The Morgan fingerprint density at radius 1 is 1.05 bits per heavy atom. The van der Waals surface area contributed by atoms with Crippen molar-refractivity contribution < 1.29 is 4.79 Å². The van der Waals surface area contributed by atoms with Gasteiger partial charge in [-0.15, -0.1) is 0 Å². The predicted octanol–water partition coefficient (Wildman–Crippen LogP) is 7.02. The molecule has 0 aromatic heterocycles. The first kappa shape index (κ1) is 27.4. The third-order valence-electron chi connectivity index (χ3n) is 6.60. The molecule has 0 radical (unpaired) electrons. The van der Waals surface area contributed by atoms with Crippen LogP contribution in [0.5, 0.6) is 0 Å². The van der Waals surface area contributed by atoms with E-state index < -0.39 is 0 Å². The Balaban J connectivity index is 1.74. The lowest BCUT2D eigenvalue weighted by molar-refractivity contribution is 0.0705. The second-order valence-electron chi connectivity index (χ2n) is 9.67. The Hall–Kier alpha value is -2.67. The van der Waals surface area contributed by atoms with E-state index in [-0.39, 0.29) is 11.9 Å². The van der Waals surface area contributed by atoms with E-state index in [2.05, 4.69) is 77.1 Å². The number of amides is 1. The Morgan fingerprint density at radius 3 is 2.46 bits per heavy atom. The number of aliphatic imine (C=N–C) groups is 1. The lowest BCUT2D eigenvalue weighted by atomic mass is 10.0. The van der Waals surface area contributed by atoms with E-state index in [1.807, 2.05) is 47.4 Å². The molecule has 3 aromatic carbocycles. The molecule has 1 aliphatic heterocycles. The molecule has 7 heteroatoms. The van der Waals surface area contributed by atoms with Gasteiger partial charge in [-0.25, -0.2) is 4.99 Å². The maximum atomic E-state index is 13.9. The molecule has 5 nitrogen and oxygen atoms in total. The van der Waals surface area contributed by atoms with Crippen molar-refractivity contribution in [1.29, 1.82) is 0 Å². The Morgan fingerprint density at radius 2 is 1.78 bits per heavy atom. The zero-order valence-electron chi connectivity index (χ0n) is 21.7. The molecule has 0 unspecified atom stereocenters. The minimum atomic E-state index is -0.172. The normalized spacial score (nSPS) is 13.8. The summed E-state index contributed by atoms with van der Waals surface area (Å²) in [5, 5.41) is 0.667. The summed E-state index contributed by atoms with van der Waals surface area (Å²) in [6.07, 6.45) is 1.63. The van der Waals surface area contributed by atoms with Crippen molar-refractivity contribution in [1.82, 2.24) is 14.7 Å². The second-order valence-corrected chi connectivity index (χ2v) is 11.0. The van der Waals surface area contributed by atoms with Crippen molar-refractivity contribution in [2.24, 2.45) is 4.99 Å². The summed E-state index contributed by atoms with van der Waals surface area (Å²) in [4.78, 5) is 25.6. The van der Waals surface area contributed by atoms with E-state index >= 15 is 0 Å². The van der Waals surface area contributed by atoms with Gasteiger partial charge in [0.1, 0.15) is 5.84 Å². The Kier molecular flexibility index (Phi) is 9.41. The SMILES string of the molecule is CC[C@@H](C1=Nc2cc(Cl)ccc2CN1Cc1ccccc1)N(CCCN(C)C)C(=O)c1ccc(Br)cc1. The minimum Gasteiger partial charge on any atom is -0.350 e. The molecule has 0 saturated carbocycles. The Bertz CT molecular complexity index is 1230. The highest BCUT2D eigenvalue weighted by atomic mass is 79.9. The van der Waals surface area contributed by atoms with Gasteiger partial charge in [0, 0.05) is 34.7 Å². The fourth-order valence-corrected chi connectivity index (χ4v) is 5.17. The zero-order chi connectivity index (χ0) is 26.4. The quantitative estimate of drug-likeness (QED) is 0.258. The number of hydrogen-bond donors (Lipinski definition) is 0. The van der Waals surface area contributed by atoms with Gasteiger partial charge < -0.3 is 14.7 Å². The number of carbonyl (C=O) groups is 1. The highest BCUT2D eigenvalue weighted by Crippen LogP contribution is 2.32. The molecular formula is C30H34BrClN4O. The number of hydrogen-bond acceptors (Lipinski definition) is 4. The van der Waals surface area contributed by atoms with Gasteiger partial charge in [0.05, 0.1) is 11.7 Å². The summed E-state index contributed by atoms with van der Waals surface area (Å²) in [5.74, 6) is 0.939. The van der Waals surface area contributed by atoms with Gasteiger partial charge in [-0.1, -0.05) is 70.9 Å². The van der Waals surface area contributed by atoms with Crippen LogP contribution in [0, 0.1) is 0 Å². The molecule has 194 valence electrons. The average Bonchev–Trinajstić information content (AvgIpc) is 2.89. The minimum absolute atomic E-state index is 0.0253. The standard InChI is InChI=1S/C30H34BrClN4O/c1-4-28(36(18-8-17-34(2)3)30(37)23-11-14-25(31)15-12-23)29-33-27-19-26(32)16-13-24(27)21-35(29)20-22-9-6-5-7-10-22/h5-7,9-16,19,28H,4,8,17-18,20-21H2,1-3H3/t28-/m0/s1. The highest BCUT2D eigenvalue weighted by Gasteiger charge is 2.33. The molecule has 37 heavy (non-hydrogen) atoms. The maximum Gasteiger partial charge on any atom is 0.254 e. The number of benzene rings is 3. The Labute approximate surface area is 233 Å². The third kappa shape index (κ3) is 7.01. The summed E-state index contributed by atoms with van der Waals surface area (Å²) in [6, 6.07) is 23.8. The van der Waals surface area contributed by atoms with E-state index in [0.717, 1.165) is 54.0 Å². The van der Waals surface area contributed by atoms with E-state index in [1.165, 1.54) is 5.56 Å². The van der Waals surface area contributed by atoms with Crippen molar-refractivity contribution in [3.63, 3.8) is 0 Å². The fraction of sp³-hybridized carbons (Fsp3) is 0.333. The second kappa shape index (κ2) is 12.7. The van der Waals surface area contributed by atoms with Crippen LogP contribution in [0.15, 0.2) is 82.3 Å². The molecule has 0 fully saturated rings. The highest BCUT2D eigenvalue weighted by molar-refractivity contribution is 9.10. The number of fused-ring (bicyclic) bond motifs is 1. The molecule has 1 aliphatic rings. The van der Waals surface area contributed by atoms with Crippen molar-refractivity contribution in [2.75, 3.05) is 27.2 Å². The molecule has 0 bridgehead atoms. The monoisotopic (exact) mass is 580 g/mol. The summed E-state index contributed by atoms with van der Waals surface area (Å²) in [6.45, 7) is 5.12. The summed E-state index contributed by atoms with van der Waals surface area (Å²) in [5.41, 5.74) is 3.91. The lowest BCUT2D eigenvalue weighted by Gasteiger charge is -2.39. The van der Waals surface area contributed by atoms with Gasteiger partial charge in [-0.3, -0.25) is 4.79 Å². The summed E-state index contributed by atoms with van der Waals surface area (Å²) in [7, 11) is 4.12. The number of rotatable bonds is 10. The maximum absolute atomic E-state index is 13.9. The van der Waals surface area contributed by atoms with Crippen LogP contribution in [0.3, 0.4) is 0 Å². The molecular weight excluding hydrogens is 548 g/mol. The molecule has 1 heterocycles. The number of amidine groups is 1. The van der Waals surface area contributed by atoms with Gasteiger partial charge in [0.25, 0.3) is 5.91 Å². The summed E-state index contributed by atoms with van der Waals surface area (Å²) >= 11 is 9.84. The molecule has 0 spiro atoms. The van der Waals surface area contributed by atoms with Gasteiger partial charge in [-0.05, 0) is 81.0 Å². The topological polar surface area (TPSA) is 39.1 Å². The van der Waals surface area contributed by atoms with Crippen LogP contribution in [0.1, 0.15) is 41.3 Å². The van der Waals surface area contributed by atoms with E-state index in [4.69, 9.17) is 16.6 Å². The molecule has 0 saturated heterocycles. The van der Waals surface area contributed by atoms with E-state index in [0.29, 0.717) is 17.1 Å². The number of nitrogens with zero attached hydrogens (tertiary/aromatic N) is 4. The van der Waals surface area contributed by atoms with Crippen LogP contribution >= 0.6 is 27.5 Å². The van der Waals surface area contributed by atoms with Crippen molar-refractivity contribution in [3.8, 4) is 0 Å². The number of halogens is 2. The molecule has 0 N–H and O–H groups in total. The van der Waals surface area contributed by atoms with Gasteiger partial charge in [0.2, 0.25) is 0 Å². The lowest BCUT2D eigenvalue weighted by Crippen LogP contribution is -2.51. The van der Waals surface area contributed by atoms with Gasteiger partial charge in [-0.2, -0.15) is 0 Å². The average molecular weight is 582 g/mol. The van der Waals surface area contributed by atoms with E-state index in [1.54, 1.807) is 0 Å². The first-order valence-corrected chi connectivity index (χ1v) is 13.9. The first-order chi connectivity index (χ1) is 17.9. The molecule has 1 amide bonds. The van der Waals surface area contributed by atoms with Crippen LogP contribution < -0.4 is 0 Å². The fourth-order valence-electron chi connectivity index (χ4n) is 4.74. The van der Waals surface area contributed by atoms with E-state index in [9.17, 15) is 4.79 Å². The molecule has 0 aliphatic carbocycles. The predicted molar refractivity (Wildman–Crippen MR) is 157 cm³/mol. The van der Waals surface area contributed by atoms with Crippen LogP contribution in [0.2, 0.25) is 5.02 Å². The molecule has 3 aromatic rings. The van der Waals surface area contributed by atoms with Crippen LogP contribution in [-0.4, -0.2) is 59.7 Å². The molecule has 1 atom stereocenters. The smallest absolute Gasteiger partial charge is 0.254 e. The van der Waals surface area contributed by atoms with Crippen LogP contribution in [0.4, 0.5) is 5.69 Å². The van der Waals surface area contributed by atoms with Gasteiger partial charge in [0.15, 0.2) is 0 Å². The van der Waals surface area contributed by atoms with Crippen LogP contribution in [-0.2, 0) is 13.1 Å². The van der Waals surface area contributed by atoms with Crippen molar-refractivity contribution in [2.45, 2.75) is 38.9 Å². The number of carbonyl (C=O) groups excluding carboxylic acids is 1. The first-order valence-electron chi connectivity index (χ1n) is 12.7. The van der Waals surface area contributed by atoms with Crippen molar-refractivity contribution in [3.05, 3.63) is 99.0 Å². The third-order valence-corrected chi connectivity index (χ3v) is 7.36. The van der Waals surface area contributed by atoms with Crippen molar-refractivity contribution >= 4 is 45.0 Å². The zero-order valence-corrected chi connectivity index (χ0v) is 24.0. The van der Waals surface area contributed by atoms with Gasteiger partial charge >= 0.3 is 0 Å². The summed E-state index contributed by atoms with van der Waals surface area (Å²) < 4.78 is 0.953.